The number of thiophene rings is 1. The molecule has 2 heterocycles. The number of aliphatic imine (C=N–C) groups is 1. The van der Waals surface area contributed by atoms with Crippen LogP contribution >= 0.6 is 11.3 Å². The Labute approximate surface area is 440 Å². The molecule has 75 heavy (non-hydrogen) atoms. The highest BCUT2D eigenvalue weighted by Crippen LogP contribution is 2.47. The molecular formula is C71H49N3S. The van der Waals surface area contributed by atoms with Crippen molar-refractivity contribution in [3.05, 3.63) is 278 Å². The molecule has 0 bridgehead atoms. The van der Waals surface area contributed by atoms with Crippen LogP contribution in [0.1, 0.15) is 16.7 Å². The van der Waals surface area contributed by atoms with Crippen LogP contribution in [0, 0.1) is 0 Å². The van der Waals surface area contributed by atoms with Gasteiger partial charge in [0, 0.05) is 66.1 Å². The molecule has 3 nitrogen and oxygen atoms in total. The van der Waals surface area contributed by atoms with Crippen LogP contribution in [0.25, 0.3) is 114 Å². The van der Waals surface area contributed by atoms with Gasteiger partial charge in [0.1, 0.15) is 0 Å². The van der Waals surface area contributed by atoms with Gasteiger partial charge in [-0.3, -0.25) is 4.99 Å². The summed E-state index contributed by atoms with van der Waals surface area (Å²) < 4.78 is 5.12. The zero-order valence-corrected chi connectivity index (χ0v) is 42.2. The van der Waals surface area contributed by atoms with Crippen molar-refractivity contribution in [1.29, 1.82) is 0 Å². The summed E-state index contributed by atoms with van der Waals surface area (Å²) >= 11 is 1.89. The quantitative estimate of drug-likeness (QED) is 0.136. The first-order valence-electron chi connectivity index (χ1n) is 25.7. The second kappa shape index (κ2) is 18.6. The number of hydrogen-bond donors (Lipinski definition) is 1. The highest BCUT2D eigenvalue weighted by molar-refractivity contribution is 7.26. The third-order valence-corrected chi connectivity index (χ3v) is 16.3. The first-order valence-corrected chi connectivity index (χ1v) is 26.5. The highest BCUT2D eigenvalue weighted by atomic mass is 32.1. The third kappa shape index (κ3) is 7.78. The molecular weight excluding hydrogens is 927 g/mol. The van der Waals surface area contributed by atoms with Crippen LogP contribution < -0.4 is 5.32 Å². The van der Waals surface area contributed by atoms with E-state index in [0.29, 0.717) is 6.54 Å². The van der Waals surface area contributed by atoms with Gasteiger partial charge in [0.05, 0.1) is 23.3 Å². The lowest BCUT2D eigenvalue weighted by molar-refractivity contribution is 1.06. The van der Waals surface area contributed by atoms with Gasteiger partial charge < -0.3 is 9.88 Å². The predicted octanol–water partition coefficient (Wildman–Crippen LogP) is 19.2. The second-order valence-electron chi connectivity index (χ2n) is 19.4. The highest BCUT2D eigenvalue weighted by Gasteiger charge is 2.22. The molecule has 0 radical (unpaired) electrons. The number of hydrogen-bond acceptors (Lipinski definition) is 3. The third-order valence-electron chi connectivity index (χ3n) is 15.1. The number of aromatic nitrogens is 1. The molecule has 0 saturated carbocycles. The molecule has 12 aromatic carbocycles. The van der Waals surface area contributed by atoms with Gasteiger partial charge in [-0.1, -0.05) is 206 Å². The van der Waals surface area contributed by atoms with Crippen LogP contribution in [-0.2, 0) is 6.54 Å². The molecule has 0 fully saturated rings. The maximum Gasteiger partial charge on any atom is 0.0743 e. The molecule has 4 heteroatoms. The fraction of sp³-hybridized carbons (Fsp3) is 0.0282. The number of nitrogens with zero attached hydrogens (tertiary/aromatic N) is 2. The molecule has 0 saturated heterocycles. The van der Waals surface area contributed by atoms with Crippen LogP contribution in [0.5, 0.6) is 0 Å². The SMILES string of the molecule is CNc1ccccc1/C(=N\Cc1ccc(-n2c3ccc4ccccc4c3c3c4ccccc4c(-c4cccc5c4sc4ccccc45)cc32)cc1)c1ccc(-c2cc(-c3ccccc3)cc(-c3ccccc3)c2)cc1. The Morgan fingerprint density at radius 2 is 1.01 bits per heavy atom. The summed E-state index contributed by atoms with van der Waals surface area (Å²) in [5.74, 6) is 0. The maximum absolute atomic E-state index is 5.47. The van der Waals surface area contributed by atoms with E-state index < -0.39 is 0 Å². The van der Waals surface area contributed by atoms with Gasteiger partial charge in [-0.15, -0.1) is 11.3 Å². The average molecular weight is 976 g/mol. The lowest BCUT2D eigenvalue weighted by Crippen LogP contribution is -2.08. The van der Waals surface area contributed by atoms with E-state index in [4.69, 9.17) is 4.99 Å². The van der Waals surface area contributed by atoms with Crippen molar-refractivity contribution in [2.75, 3.05) is 12.4 Å². The van der Waals surface area contributed by atoms with Gasteiger partial charge in [-0.05, 0) is 121 Å². The lowest BCUT2D eigenvalue weighted by Gasteiger charge is -2.15. The van der Waals surface area contributed by atoms with E-state index in [0.717, 1.165) is 39.3 Å². The van der Waals surface area contributed by atoms with Crippen molar-refractivity contribution in [3.8, 4) is 50.2 Å². The first-order chi connectivity index (χ1) is 37.1. The number of fused-ring (bicyclic) bond motifs is 10. The average Bonchev–Trinajstić information content (AvgIpc) is 4.06. The molecule has 0 aliphatic rings. The van der Waals surface area contributed by atoms with Crippen molar-refractivity contribution >= 4 is 86.3 Å². The minimum absolute atomic E-state index is 0.515. The zero-order valence-electron chi connectivity index (χ0n) is 41.3. The smallest absolute Gasteiger partial charge is 0.0743 e. The molecule has 0 aliphatic carbocycles. The van der Waals surface area contributed by atoms with Gasteiger partial charge in [0.15, 0.2) is 0 Å². The molecule has 0 atom stereocenters. The number of benzene rings is 12. The Balaban J connectivity index is 0.874. The molecule has 354 valence electrons. The number of rotatable bonds is 10. The van der Waals surface area contributed by atoms with E-state index in [2.05, 4.69) is 271 Å². The summed E-state index contributed by atoms with van der Waals surface area (Å²) in [5.41, 5.74) is 18.3. The van der Waals surface area contributed by atoms with Crippen LogP contribution in [0.15, 0.2) is 266 Å². The Bertz CT molecular complexity index is 4450. The summed E-state index contributed by atoms with van der Waals surface area (Å²) in [6, 6.07) is 95.2. The van der Waals surface area contributed by atoms with Crippen molar-refractivity contribution in [3.63, 3.8) is 0 Å². The molecule has 0 amide bonds. The standard InChI is InChI=1S/C71H49N3S/c1-72-64-29-14-12-26-62(64)70(51-35-33-49(34-36-51)54-42-52(47-17-4-2-5-18-47)41-53(43-54)48-19-6-3-7-20-48)73-45-46-31-38-55(39-32-46)74-65-40-37-50-21-8-9-22-56(50)68(65)69-59-25-11-10-23-57(59)63(44-66(69)74)61-28-16-27-60-58-24-13-15-30-67(58)75-71(60)61/h2-44,72H,45H2,1H3/b73-70-. The maximum atomic E-state index is 5.47. The summed E-state index contributed by atoms with van der Waals surface area (Å²) in [6.07, 6.45) is 0. The van der Waals surface area contributed by atoms with Crippen LogP contribution in [0.3, 0.4) is 0 Å². The van der Waals surface area contributed by atoms with Crippen LogP contribution in [-0.4, -0.2) is 17.3 Å². The fourth-order valence-corrected chi connectivity index (χ4v) is 12.7. The number of anilines is 1. The fourth-order valence-electron chi connectivity index (χ4n) is 11.5. The molecule has 14 rings (SSSR count). The van der Waals surface area contributed by atoms with Crippen molar-refractivity contribution in [1.82, 2.24) is 4.57 Å². The van der Waals surface area contributed by atoms with Gasteiger partial charge in [-0.2, -0.15) is 0 Å². The van der Waals surface area contributed by atoms with Crippen molar-refractivity contribution in [2.45, 2.75) is 6.54 Å². The molecule has 0 aliphatic heterocycles. The van der Waals surface area contributed by atoms with E-state index in [1.807, 2.05) is 18.4 Å². The van der Waals surface area contributed by atoms with Gasteiger partial charge in [0.25, 0.3) is 0 Å². The van der Waals surface area contributed by atoms with Crippen LogP contribution in [0.2, 0.25) is 0 Å². The lowest BCUT2D eigenvalue weighted by atomic mass is 9.92. The minimum atomic E-state index is 0.515. The topological polar surface area (TPSA) is 29.3 Å². The minimum Gasteiger partial charge on any atom is -0.388 e. The molecule has 0 spiro atoms. The largest absolute Gasteiger partial charge is 0.388 e. The predicted molar refractivity (Wildman–Crippen MR) is 322 cm³/mol. The Morgan fingerprint density at radius 1 is 0.427 bits per heavy atom. The van der Waals surface area contributed by atoms with E-state index in [1.165, 1.54) is 102 Å². The summed E-state index contributed by atoms with van der Waals surface area (Å²) in [4.78, 5) is 5.47. The Hall–Kier alpha value is -9.35. The van der Waals surface area contributed by atoms with Gasteiger partial charge >= 0.3 is 0 Å². The van der Waals surface area contributed by atoms with Crippen LogP contribution in [0.4, 0.5) is 5.69 Å². The monoisotopic (exact) mass is 975 g/mol. The zero-order chi connectivity index (χ0) is 49.8. The van der Waals surface area contributed by atoms with Crippen molar-refractivity contribution < 1.29 is 0 Å². The normalized spacial score (nSPS) is 11.9. The van der Waals surface area contributed by atoms with E-state index in [-0.39, 0.29) is 0 Å². The summed E-state index contributed by atoms with van der Waals surface area (Å²) in [7, 11) is 1.98. The van der Waals surface area contributed by atoms with Gasteiger partial charge in [-0.25, -0.2) is 0 Å². The number of para-hydroxylation sites is 1. The molecule has 14 aromatic rings. The van der Waals surface area contributed by atoms with E-state index >= 15 is 0 Å². The first kappa shape index (κ1) is 44.4. The molecule has 1 N–H and O–H groups in total. The number of nitrogens with one attached hydrogen (secondary N) is 1. The van der Waals surface area contributed by atoms with E-state index in [9.17, 15) is 0 Å². The molecule has 2 aromatic heterocycles. The molecule has 0 unspecified atom stereocenters. The summed E-state index contributed by atoms with van der Waals surface area (Å²) in [6.45, 7) is 0.515. The van der Waals surface area contributed by atoms with Crippen molar-refractivity contribution in [2.24, 2.45) is 4.99 Å². The van der Waals surface area contributed by atoms with Gasteiger partial charge in [0.2, 0.25) is 0 Å². The summed E-state index contributed by atoms with van der Waals surface area (Å²) in [5, 5.41) is 13.6. The Kier molecular flexibility index (Phi) is 11.0. The second-order valence-corrected chi connectivity index (χ2v) is 20.4. The van der Waals surface area contributed by atoms with E-state index in [1.54, 1.807) is 0 Å². The Morgan fingerprint density at radius 3 is 1.73 bits per heavy atom.